The highest BCUT2D eigenvalue weighted by atomic mass is 14.3. The summed E-state index contributed by atoms with van der Waals surface area (Å²) in [5, 5.41) is 8.61. The normalized spacial score (nSPS) is 14.8. The first-order valence-corrected chi connectivity index (χ1v) is 4.65. The molecule has 1 heteroatoms. The highest BCUT2D eigenvalue weighted by molar-refractivity contribution is 4.98. The SMILES string of the molecule is C=C(C)[C@@H](C)[C@H](CC#N)CCC. The van der Waals surface area contributed by atoms with Gasteiger partial charge in [0.25, 0.3) is 0 Å². The molecular formula is C11H19N. The fourth-order valence-electron chi connectivity index (χ4n) is 1.42. The van der Waals surface area contributed by atoms with Gasteiger partial charge < -0.3 is 0 Å². The van der Waals surface area contributed by atoms with Gasteiger partial charge in [0, 0.05) is 6.42 Å². The van der Waals surface area contributed by atoms with E-state index in [-0.39, 0.29) is 0 Å². The van der Waals surface area contributed by atoms with Crippen LogP contribution in [0.25, 0.3) is 0 Å². The van der Waals surface area contributed by atoms with E-state index in [9.17, 15) is 0 Å². The molecule has 2 atom stereocenters. The number of rotatable bonds is 5. The lowest BCUT2D eigenvalue weighted by Gasteiger charge is -2.21. The molecular weight excluding hydrogens is 146 g/mol. The standard InChI is InChI=1S/C11H19N/c1-5-6-11(7-8-12)10(4)9(2)3/h10-11H,2,5-7H2,1,3-4H3/t10-,11+/m1/s1. The Morgan fingerprint density at radius 1 is 1.58 bits per heavy atom. The molecule has 0 aliphatic heterocycles. The van der Waals surface area contributed by atoms with Crippen molar-refractivity contribution in [3.05, 3.63) is 12.2 Å². The average molecular weight is 165 g/mol. The van der Waals surface area contributed by atoms with Gasteiger partial charge in [0.2, 0.25) is 0 Å². The molecule has 0 unspecified atom stereocenters. The predicted molar refractivity (Wildman–Crippen MR) is 52.6 cm³/mol. The monoisotopic (exact) mass is 165 g/mol. The Hall–Kier alpha value is -0.770. The second kappa shape index (κ2) is 5.83. The maximum atomic E-state index is 8.61. The van der Waals surface area contributed by atoms with Crippen molar-refractivity contribution in [3.8, 4) is 6.07 Å². The third-order valence-corrected chi connectivity index (χ3v) is 2.50. The van der Waals surface area contributed by atoms with Gasteiger partial charge in [-0.3, -0.25) is 0 Å². The molecule has 0 spiro atoms. The summed E-state index contributed by atoms with van der Waals surface area (Å²) in [6.07, 6.45) is 2.97. The van der Waals surface area contributed by atoms with Crippen LogP contribution in [0.15, 0.2) is 12.2 Å². The van der Waals surface area contributed by atoms with Gasteiger partial charge in [-0.2, -0.15) is 5.26 Å². The first kappa shape index (κ1) is 11.2. The van der Waals surface area contributed by atoms with E-state index >= 15 is 0 Å². The lowest BCUT2D eigenvalue weighted by molar-refractivity contribution is 0.380. The molecule has 0 heterocycles. The van der Waals surface area contributed by atoms with E-state index in [1.54, 1.807) is 0 Å². The summed E-state index contributed by atoms with van der Waals surface area (Å²) in [5.74, 6) is 1.00. The van der Waals surface area contributed by atoms with Crippen LogP contribution < -0.4 is 0 Å². The topological polar surface area (TPSA) is 23.8 Å². The average Bonchev–Trinajstić information content (AvgIpc) is 2.03. The molecule has 0 aromatic rings. The third kappa shape index (κ3) is 3.57. The van der Waals surface area contributed by atoms with E-state index in [2.05, 4.69) is 26.5 Å². The Labute approximate surface area is 76.1 Å². The van der Waals surface area contributed by atoms with Crippen LogP contribution in [0.5, 0.6) is 0 Å². The molecule has 0 aliphatic carbocycles. The molecule has 0 amide bonds. The number of nitrogens with zero attached hydrogens (tertiary/aromatic N) is 1. The zero-order valence-corrected chi connectivity index (χ0v) is 8.43. The Morgan fingerprint density at radius 2 is 2.17 bits per heavy atom. The number of hydrogen-bond donors (Lipinski definition) is 0. The van der Waals surface area contributed by atoms with E-state index in [4.69, 9.17) is 5.26 Å². The van der Waals surface area contributed by atoms with Crippen molar-refractivity contribution in [2.24, 2.45) is 11.8 Å². The second-order valence-electron chi connectivity index (χ2n) is 3.55. The highest BCUT2D eigenvalue weighted by Crippen LogP contribution is 2.25. The maximum Gasteiger partial charge on any atom is 0.0624 e. The Bertz CT molecular complexity index is 176. The van der Waals surface area contributed by atoms with Gasteiger partial charge in [0.1, 0.15) is 0 Å². The van der Waals surface area contributed by atoms with Crippen LogP contribution in [0.2, 0.25) is 0 Å². The molecule has 0 bridgehead atoms. The van der Waals surface area contributed by atoms with Crippen molar-refractivity contribution >= 4 is 0 Å². The Morgan fingerprint density at radius 3 is 2.50 bits per heavy atom. The predicted octanol–water partition coefficient (Wildman–Crippen LogP) is 3.53. The summed E-state index contributed by atoms with van der Waals surface area (Å²) in [6, 6.07) is 2.25. The van der Waals surface area contributed by atoms with Crippen molar-refractivity contribution in [1.82, 2.24) is 0 Å². The Kier molecular flexibility index (Phi) is 5.45. The van der Waals surface area contributed by atoms with Gasteiger partial charge in [-0.25, -0.2) is 0 Å². The maximum absolute atomic E-state index is 8.61. The lowest BCUT2D eigenvalue weighted by Crippen LogP contribution is -2.11. The summed E-state index contributed by atoms with van der Waals surface area (Å²) in [7, 11) is 0. The first-order chi connectivity index (χ1) is 5.63. The van der Waals surface area contributed by atoms with Crippen molar-refractivity contribution in [2.75, 3.05) is 0 Å². The molecule has 68 valence electrons. The minimum atomic E-state index is 0.490. The third-order valence-electron chi connectivity index (χ3n) is 2.50. The largest absolute Gasteiger partial charge is 0.198 e. The van der Waals surface area contributed by atoms with Crippen LogP contribution >= 0.6 is 0 Å². The van der Waals surface area contributed by atoms with Crippen LogP contribution in [-0.2, 0) is 0 Å². The van der Waals surface area contributed by atoms with Crippen molar-refractivity contribution in [3.63, 3.8) is 0 Å². The van der Waals surface area contributed by atoms with Crippen molar-refractivity contribution in [1.29, 1.82) is 5.26 Å². The van der Waals surface area contributed by atoms with Crippen molar-refractivity contribution in [2.45, 2.75) is 40.0 Å². The fraction of sp³-hybridized carbons (Fsp3) is 0.727. The molecule has 0 aliphatic rings. The molecule has 0 N–H and O–H groups in total. The molecule has 0 saturated carbocycles. The van der Waals surface area contributed by atoms with Gasteiger partial charge in [-0.15, -0.1) is 0 Å². The van der Waals surface area contributed by atoms with E-state index in [1.165, 1.54) is 5.57 Å². The molecule has 0 rings (SSSR count). The second-order valence-corrected chi connectivity index (χ2v) is 3.55. The molecule has 0 fully saturated rings. The van der Waals surface area contributed by atoms with Gasteiger partial charge in [0.05, 0.1) is 6.07 Å². The number of hydrogen-bond acceptors (Lipinski definition) is 1. The van der Waals surface area contributed by atoms with Crippen LogP contribution in [0.4, 0.5) is 0 Å². The zero-order chi connectivity index (χ0) is 9.56. The van der Waals surface area contributed by atoms with Crippen molar-refractivity contribution < 1.29 is 0 Å². The van der Waals surface area contributed by atoms with E-state index in [0.717, 1.165) is 12.8 Å². The van der Waals surface area contributed by atoms with Crippen LogP contribution in [-0.4, -0.2) is 0 Å². The number of nitriles is 1. The first-order valence-electron chi connectivity index (χ1n) is 4.65. The van der Waals surface area contributed by atoms with Gasteiger partial charge in [0.15, 0.2) is 0 Å². The summed E-state index contributed by atoms with van der Waals surface area (Å²) < 4.78 is 0. The minimum Gasteiger partial charge on any atom is -0.198 e. The molecule has 0 saturated heterocycles. The molecule has 1 nitrogen and oxygen atoms in total. The summed E-state index contributed by atoms with van der Waals surface area (Å²) in [6.45, 7) is 10.3. The lowest BCUT2D eigenvalue weighted by atomic mass is 9.84. The van der Waals surface area contributed by atoms with Crippen LogP contribution in [0.3, 0.4) is 0 Å². The van der Waals surface area contributed by atoms with E-state index in [0.29, 0.717) is 18.3 Å². The van der Waals surface area contributed by atoms with Crippen LogP contribution in [0, 0.1) is 23.2 Å². The van der Waals surface area contributed by atoms with Gasteiger partial charge in [-0.1, -0.05) is 32.4 Å². The molecule has 12 heavy (non-hydrogen) atoms. The van der Waals surface area contributed by atoms with E-state index in [1.807, 2.05) is 6.92 Å². The fourth-order valence-corrected chi connectivity index (χ4v) is 1.42. The van der Waals surface area contributed by atoms with Gasteiger partial charge in [-0.05, 0) is 25.2 Å². The number of allylic oxidation sites excluding steroid dienone is 1. The Balaban J connectivity index is 4.10. The zero-order valence-electron chi connectivity index (χ0n) is 8.43. The summed E-state index contributed by atoms with van der Waals surface area (Å²) in [5.41, 5.74) is 1.20. The van der Waals surface area contributed by atoms with Gasteiger partial charge >= 0.3 is 0 Å². The van der Waals surface area contributed by atoms with Crippen LogP contribution in [0.1, 0.15) is 40.0 Å². The van der Waals surface area contributed by atoms with E-state index < -0.39 is 0 Å². The minimum absolute atomic E-state index is 0.490. The molecule has 0 radical (unpaired) electrons. The smallest absolute Gasteiger partial charge is 0.0624 e. The quantitative estimate of drug-likeness (QED) is 0.572. The summed E-state index contributed by atoms with van der Waals surface area (Å²) >= 11 is 0. The molecule has 0 aromatic heterocycles. The molecule has 0 aromatic carbocycles. The summed E-state index contributed by atoms with van der Waals surface area (Å²) in [4.78, 5) is 0. The highest BCUT2D eigenvalue weighted by Gasteiger charge is 2.16.